The van der Waals surface area contributed by atoms with Gasteiger partial charge in [0.2, 0.25) is 0 Å². The summed E-state index contributed by atoms with van der Waals surface area (Å²) in [5.41, 5.74) is 3.18. The highest BCUT2D eigenvalue weighted by Gasteiger charge is 2.39. The Labute approximate surface area is 66.7 Å². The standard InChI is InChI=1S/C7H13N3O/c1-7(2,3)4-6-9-10(6)11-5-8/h6,9H,4H2,1-3H3. The van der Waals surface area contributed by atoms with Crippen LogP contribution in [-0.4, -0.2) is 11.3 Å². The summed E-state index contributed by atoms with van der Waals surface area (Å²) in [5, 5.41) is 9.60. The average Bonchev–Trinajstić information content (AvgIpc) is 2.44. The summed E-state index contributed by atoms with van der Waals surface area (Å²) in [6.45, 7) is 6.45. The normalized spacial score (nSPS) is 29.3. The Kier molecular flexibility index (Phi) is 2.03. The van der Waals surface area contributed by atoms with E-state index in [1.54, 1.807) is 6.26 Å². The van der Waals surface area contributed by atoms with Crippen molar-refractivity contribution < 1.29 is 4.84 Å². The van der Waals surface area contributed by atoms with Crippen LogP contribution in [0.3, 0.4) is 0 Å². The van der Waals surface area contributed by atoms with E-state index in [9.17, 15) is 0 Å². The lowest BCUT2D eigenvalue weighted by Gasteiger charge is -2.15. The zero-order chi connectivity index (χ0) is 8.48. The highest BCUT2D eigenvalue weighted by atomic mass is 16.7. The molecular weight excluding hydrogens is 142 g/mol. The molecule has 1 fully saturated rings. The van der Waals surface area contributed by atoms with E-state index in [2.05, 4.69) is 31.0 Å². The monoisotopic (exact) mass is 155 g/mol. The lowest BCUT2D eigenvalue weighted by molar-refractivity contribution is -0.00718. The van der Waals surface area contributed by atoms with E-state index >= 15 is 0 Å². The molecule has 2 unspecified atom stereocenters. The summed E-state index contributed by atoms with van der Waals surface area (Å²) in [4.78, 5) is 4.54. The molecule has 1 N–H and O–H groups in total. The smallest absolute Gasteiger partial charge is 0.308 e. The summed E-state index contributed by atoms with van der Waals surface area (Å²) < 4.78 is 0. The van der Waals surface area contributed by atoms with E-state index in [-0.39, 0.29) is 11.6 Å². The summed E-state index contributed by atoms with van der Waals surface area (Å²) >= 11 is 0. The van der Waals surface area contributed by atoms with Crippen molar-refractivity contribution in [1.82, 2.24) is 10.6 Å². The summed E-state index contributed by atoms with van der Waals surface area (Å²) in [6, 6.07) is 0. The first-order valence-electron chi connectivity index (χ1n) is 3.64. The van der Waals surface area contributed by atoms with Crippen molar-refractivity contribution in [3.8, 4) is 6.26 Å². The molecule has 0 aromatic carbocycles. The van der Waals surface area contributed by atoms with Crippen LogP contribution < -0.4 is 5.43 Å². The van der Waals surface area contributed by atoms with Crippen molar-refractivity contribution in [2.24, 2.45) is 5.41 Å². The van der Waals surface area contributed by atoms with Gasteiger partial charge in [-0.3, -0.25) is 0 Å². The third-order valence-electron chi connectivity index (χ3n) is 1.44. The van der Waals surface area contributed by atoms with E-state index in [0.29, 0.717) is 0 Å². The number of rotatable bonds is 2. The van der Waals surface area contributed by atoms with Crippen LogP contribution >= 0.6 is 0 Å². The van der Waals surface area contributed by atoms with Gasteiger partial charge in [0.1, 0.15) is 6.17 Å². The summed E-state index contributed by atoms with van der Waals surface area (Å²) in [7, 11) is 0. The van der Waals surface area contributed by atoms with Gasteiger partial charge in [0.05, 0.1) is 0 Å². The molecule has 2 atom stereocenters. The Bertz CT molecular complexity index is 179. The molecule has 0 radical (unpaired) electrons. The molecule has 1 aliphatic rings. The molecule has 1 aliphatic heterocycles. The molecule has 62 valence electrons. The van der Waals surface area contributed by atoms with Gasteiger partial charge < -0.3 is 4.84 Å². The molecule has 1 rings (SSSR count). The van der Waals surface area contributed by atoms with Gasteiger partial charge in [-0.1, -0.05) is 20.8 Å². The van der Waals surface area contributed by atoms with Crippen LogP contribution in [-0.2, 0) is 4.84 Å². The minimum atomic E-state index is 0.217. The predicted molar refractivity (Wildman–Crippen MR) is 39.5 cm³/mol. The van der Waals surface area contributed by atoms with Crippen LogP contribution in [0.2, 0.25) is 0 Å². The lowest BCUT2D eigenvalue weighted by atomic mass is 9.92. The molecule has 11 heavy (non-hydrogen) atoms. The summed E-state index contributed by atoms with van der Waals surface area (Å²) in [5.74, 6) is 0. The van der Waals surface area contributed by atoms with E-state index in [0.717, 1.165) is 6.42 Å². The Balaban J connectivity index is 2.20. The van der Waals surface area contributed by atoms with Gasteiger partial charge in [0, 0.05) is 0 Å². The second kappa shape index (κ2) is 2.68. The maximum Gasteiger partial charge on any atom is 0.308 e. The van der Waals surface area contributed by atoms with Crippen LogP contribution in [0.25, 0.3) is 0 Å². The van der Waals surface area contributed by atoms with Gasteiger partial charge in [-0.25, -0.2) is 0 Å². The number of hydrazine groups is 1. The molecule has 0 amide bonds. The Hall–Kier alpha value is -0.790. The van der Waals surface area contributed by atoms with Crippen LogP contribution in [0.15, 0.2) is 0 Å². The molecule has 0 aromatic heterocycles. The number of hydroxylamine groups is 1. The van der Waals surface area contributed by atoms with Gasteiger partial charge >= 0.3 is 6.26 Å². The van der Waals surface area contributed by atoms with E-state index in [1.807, 2.05) is 0 Å². The maximum absolute atomic E-state index is 8.14. The molecule has 4 nitrogen and oxygen atoms in total. The molecule has 4 heteroatoms. The second-order valence-electron chi connectivity index (χ2n) is 3.92. The first-order chi connectivity index (χ1) is 5.03. The zero-order valence-corrected chi connectivity index (χ0v) is 7.09. The molecule has 0 aromatic rings. The average molecular weight is 155 g/mol. The van der Waals surface area contributed by atoms with E-state index in [1.165, 1.54) is 5.17 Å². The Morgan fingerprint density at radius 2 is 2.27 bits per heavy atom. The molecule has 1 heterocycles. The first-order valence-corrected chi connectivity index (χ1v) is 3.64. The third kappa shape index (κ3) is 2.74. The van der Waals surface area contributed by atoms with E-state index < -0.39 is 0 Å². The third-order valence-corrected chi connectivity index (χ3v) is 1.44. The van der Waals surface area contributed by atoms with Crippen molar-refractivity contribution in [1.29, 1.82) is 5.26 Å². The Morgan fingerprint density at radius 3 is 2.73 bits per heavy atom. The summed E-state index contributed by atoms with van der Waals surface area (Å²) in [6.07, 6.45) is 2.81. The van der Waals surface area contributed by atoms with Gasteiger partial charge in [0.25, 0.3) is 0 Å². The Morgan fingerprint density at radius 1 is 1.64 bits per heavy atom. The van der Waals surface area contributed by atoms with Crippen LogP contribution in [0, 0.1) is 16.9 Å². The van der Waals surface area contributed by atoms with Crippen LogP contribution in [0.4, 0.5) is 0 Å². The highest BCUT2D eigenvalue weighted by molar-refractivity contribution is 4.78. The minimum absolute atomic E-state index is 0.217. The van der Waals surface area contributed by atoms with Crippen LogP contribution in [0.1, 0.15) is 27.2 Å². The van der Waals surface area contributed by atoms with Gasteiger partial charge in [0.15, 0.2) is 0 Å². The molecule has 0 aliphatic carbocycles. The van der Waals surface area contributed by atoms with Crippen molar-refractivity contribution >= 4 is 0 Å². The molecule has 0 saturated carbocycles. The number of nitriles is 1. The SMILES string of the molecule is CC(C)(C)CC1NN1OC#N. The molecule has 0 spiro atoms. The zero-order valence-electron chi connectivity index (χ0n) is 7.09. The topological polar surface area (TPSA) is 58.0 Å². The molecule has 0 bridgehead atoms. The number of nitrogens with one attached hydrogen (secondary N) is 1. The first kappa shape index (κ1) is 8.31. The maximum atomic E-state index is 8.14. The fourth-order valence-electron chi connectivity index (χ4n) is 0.956. The molecular formula is C7H13N3O. The number of hydrogen-bond acceptors (Lipinski definition) is 4. The van der Waals surface area contributed by atoms with E-state index in [4.69, 9.17) is 5.26 Å². The quantitative estimate of drug-likeness (QED) is 0.477. The second-order valence-corrected chi connectivity index (χ2v) is 3.92. The number of hydrogen-bond donors (Lipinski definition) is 1. The fourth-order valence-corrected chi connectivity index (χ4v) is 0.956. The number of nitrogens with zero attached hydrogens (tertiary/aromatic N) is 2. The lowest BCUT2D eigenvalue weighted by Crippen LogP contribution is -2.11. The predicted octanol–water partition coefficient (Wildman–Crippen LogP) is 0.982. The minimum Gasteiger partial charge on any atom is -0.310 e. The molecule has 1 saturated heterocycles. The van der Waals surface area contributed by atoms with Crippen molar-refractivity contribution in [3.63, 3.8) is 0 Å². The van der Waals surface area contributed by atoms with Gasteiger partial charge in [-0.2, -0.15) is 5.43 Å². The van der Waals surface area contributed by atoms with Crippen LogP contribution in [0.5, 0.6) is 0 Å². The highest BCUT2D eigenvalue weighted by Crippen LogP contribution is 2.26. The van der Waals surface area contributed by atoms with Crippen molar-refractivity contribution in [2.75, 3.05) is 0 Å². The van der Waals surface area contributed by atoms with Crippen molar-refractivity contribution in [3.05, 3.63) is 0 Å². The van der Waals surface area contributed by atoms with Gasteiger partial charge in [-0.15, -0.1) is 5.26 Å². The largest absolute Gasteiger partial charge is 0.310 e. The van der Waals surface area contributed by atoms with Crippen molar-refractivity contribution in [2.45, 2.75) is 33.4 Å². The van der Waals surface area contributed by atoms with Gasteiger partial charge in [-0.05, 0) is 17.0 Å². The fraction of sp³-hybridized carbons (Fsp3) is 0.857.